The van der Waals surface area contributed by atoms with Crippen molar-refractivity contribution in [2.75, 3.05) is 0 Å². The van der Waals surface area contributed by atoms with Crippen molar-refractivity contribution in [2.24, 2.45) is 0 Å². The number of nitrogens with zero attached hydrogens (tertiary/aromatic N) is 3. The van der Waals surface area contributed by atoms with Crippen LogP contribution in [-0.4, -0.2) is 31.1 Å². The van der Waals surface area contributed by atoms with Crippen molar-refractivity contribution in [2.45, 2.75) is 45.3 Å². The maximum atomic E-state index is 12.7. The van der Waals surface area contributed by atoms with E-state index in [1.165, 1.54) is 16.5 Å². The summed E-state index contributed by atoms with van der Waals surface area (Å²) in [5.41, 5.74) is 6.74. The molecule has 37 heavy (non-hydrogen) atoms. The maximum Gasteiger partial charge on any atom is 0.432 e. The van der Waals surface area contributed by atoms with Crippen LogP contribution in [0.25, 0.3) is 33.1 Å². The van der Waals surface area contributed by atoms with E-state index in [9.17, 15) is 18.0 Å². The third-order valence-corrected chi connectivity index (χ3v) is 6.94. The fourth-order valence-electron chi connectivity index (χ4n) is 5.16. The molecule has 1 amide bonds. The van der Waals surface area contributed by atoms with Crippen molar-refractivity contribution in [3.8, 4) is 11.3 Å². The first-order valence-electron chi connectivity index (χ1n) is 12.1. The van der Waals surface area contributed by atoms with Gasteiger partial charge in [-0.3, -0.25) is 9.89 Å². The number of carbonyl (C=O) groups is 1. The second kappa shape index (κ2) is 8.72. The van der Waals surface area contributed by atoms with Crippen molar-refractivity contribution in [3.63, 3.8) is 0 Å². The van der Waals surface area contributed by atoms with E-state index in [1.54, 1.807) is 12.1 Å². The molecular formula is C27H23F3N6O. The Balaban J connectivity index is 1.29. The number of rotatable bonds is 4. The van der Waals surface area contributed by atoms with E-state index in [-0.39, 0.29) is 12.4 Å². The van der Waals surface area contributed by atoms with E-state index in [0.717, 1.165) is 59.1 Å². The quantitative estimate of drug-likeness (QED) is 0.295. The Morgan fingerprint density at radius 3 is 2.46 bits per heavy atom. The maximum absolute atomic E-state index is 12.7. The van der Waals surface area contributed by atoms with Crippen molar-refractivity contribution in [1.29, 1.82) is 0 Å². The zero-order valence-corrected chi connectivity index (χ0v) is 20.0. The minimum absolute atomic E-state index is 0.0336. The average molecular weight is 505 g/mol. The molecule has 0 atom stereocenters. The van der Waals surface area contributed by atoms with Crippen LogP contribution in [0.2, 0.25) is 0 Å². The number of aromatic nitrogens is 5. The second-order valence-corrected chi connectivity index (χ2v) is 9.33. The predicted octanol–water partition coefficient (Wildman–Crippen LogP) is 5.64. The number of imidazole rings is 1. The number of aryl methyl sites for hydroxylation is 2. The van der Waals surface area contributed by atoms with Crippen LogP contribution in [0.15, 0.2) is 42.6 Å². The molecule has 0 spiro atoms. The summed E-state index contributed by atoms with van der Waals surface area (Å²) >= 11 is 0. The molecule has 0 fully saturated rings. The smallest absolute Gasteiger partial charge is 0.345 e. The van der Waals surface area contributed by atoms with Crippen LogP contribution in [-0.2, 0) is 25.6 Å². The van der Waals surface area contributed by atoms with Crippen LogP contribution in [0.5, 0.6) is 0 Å². The topological polar surface area (TPSA) is 99.3 Å². The second-order valence-electron chi connectivity index (χ2n) is 9.33. The van der Waals surface area contributed by atoms with Crippen LogP contribution in [0.1, 0.15) is 51.5 Å². The number of aromatic amines is 2. The number of amides is 1. The molecule has 188 valence electrons. The zero-order chi connectivity index (χ0) is 25.7. The van der Waals surface area contributed by atoms with Crippen LogP contribution >= 0.6 is 0 Å². The number of nitrogens with one attached hydrogen (secondary N) is 3. The molecule has 0 saturated carbocycles. The number of alkyl halides is 3. The zero-order valence-electron chi connectivity index (χ0n) is 20.0. The molecule has 2 aromatic carbocycles. The molecule has 0 bridgehead atoms. The third kappa shape index (κ3) is 4.12. The molecule has 0 aliphatic heterocycles. The van der Waals surface area contributed by atoms with Gasteiger partial charge in [-0.15, -0.1) is 0 Å². The van der Waals surface area contributed by atoms with Crippen molar-refractivity contribution in [3.05, 3.63) is 76.5 Å². The number of H-pyrrole nitrogens is 2. The molecule has 10 heteroatoms. The molecule has 7 nitrogen and oxygen atoms in total. The number of hydrogen-bond acceptors (Lipinski definition) is 4. The molecule has 0 unspecified atom stereocenters. The number of hydrogen-bond donors (Lipinski definition) is 3. The highest BCUT2D eigenvalue weighted by Crippen LogP contribution is 2.38. The number of halogens is 3. The van der Waals surface area contributed by atoms with E-state index in [4.69, 9.17) is 4.98 Å². The fourth-order valence-corrected chi connectivity index (χ4v) is 5.16. The van der Waals surface area contributed by atoms with Crippen LogP contribution in [0.4, 0.5) is 13.2 Å². The third-order valence-electron chi connectivity index (χ3n) is 6.94. The van der Waals surface area contributed by atoms with Gasteiger partial charge >= 0.3 is 6.18 Å². The summed E-state index contributed by atoms with van der Waals surface area (Å²) in [6, 6.07) is 11.1. The average Bonchev–Trinajstić information content (AvgIpc) is 3.54. The van der Waals surface area contributed by atoms with Gasteiger partial charge in [-0.25, -0.2) is 9.97 Å². The molecule has 1 aliphatic carbocycles. The SMILES string of the molecule is Cc1[nH]nc2ccc3nc(-c4ccc(C(=O)NCc5ncc(C(F)(F)F)[nH]5)cc4)c4c(c3c12)CCCC4. The lowest BCUT2D eigenvalue weighted by Crippen LogP contribution is -2.23. The Morgan fingerprint density at radius 2 is 1.73 bits per heavy atom. The highest BCUT2D eigenvalue weighted by atomic mass is 19.4. The van der Waals surface area contributed by atoms with Crippen molar-refractivity contribution in [1.82, 2.24) is 30.5 Å². The summed E-state index contributed by atoms with van der Waals surface area (Å²) in [5, 5.41) is 12.4. The summed E-state index contributed by atoms with van der Waals surface area (Å²) in [7, 11) is 0. The minimum Gasteiger partial charge on any atom is -0.345 e. The Morgan fingerprint density at radius 1 is 1.00 bits per heavy atom. The van der Waals surface area contributed by atoms with E-state index in [0.29, 0.717) is 11.8 Å². The lowest BCUT2D eigenvalue weighted by Gasteiger charge is -2.22. The monoisotopic (exact) mass is 504 g/mol. The van der Waals surface area contributed by atoms with Crippen molar-refractivity contribution >= 4 is 27.7 Å². The van der Waals surface area contributed by atoms with Gasteiger partial charge in [-0.05, 0) is 68.0 Å². The predicted molar refractivity (Wildman–Crippen MR) is 133 cm³/mol. The molecule has 0 radical (unpaired) electrons. The van der Waals surface area contributed by atoms with Crippen LogP contribution in [0, 0.1) is 6.92 Å². The molecule has 3 N–H and O–H groups in total. The Labute approximate surface area is 209 Å². The van der Waals surface area contributed by atoms with Gasteiger partial charge in [0.15, 0.2) is 0 Å². The van der Waals surface area contributed by atoms with Gasteiger partial charge in [0.2, 0.25) is 0 Å². The molecule has 1 aliphatic rings. The summed E-state index contributed by atoms with van der Waals surface area (Å²) < 4.78 is 38.2. The van der Waals surface area contributed by atoms with Gasteiger partial charge in [0.25, 0.3) is 5.91 Å². The Hall–Kier alpha value is -4.21. The molecule has 0 saturated heterocycles. The lowest BCUT2D eigenvalue weighted by molar-refractivity contribution is -0.140. The summed E-state index contributed by atoms with van der Waals surface area (Å²) in [5.74, 6) is -0.367. The fraction of sp³-hybridized carbons (Fsp3) is 0.259. The number of carbonyl (C=O) groups excluding carboxylic acids is 1. The standard InChI is InChI=1S/C27H23F3N6O/c1-14-23-20(36-35-14)11-10-19-24(23)17-4-2-3-5-18(17)25(33-19)15-6-8-16(9-7-15)26(37)32-13-22-31-12-21(34-22)27(28,29)30/h6-12H,2-5,13H2,1H3,(H,31,34)(H,32,37)(H,35,36). The highest BCUT2D eigenvalue weighted by Gasteiger charge is 2.33. The van der Waals surface area contributed by atoms with Gasteiger partial charge in [-0.1, -0.05) is 12.1 Å². The Bertz CT molecular complexity index is 1650. The van der Waals surface area contributed by atoms with Gasteiger partial charge in [0, 0.05) is 27.6 Å². The molecule has 5 aromatic rings. The molecule has 6 rings (SSSR count). The largest absolute Gasteiger partial charge is 0.432 e. The molecular weight excluding hydrogens is 481 g/mol. The first-order valence-corrected chi connectivity index (χ1v) is 12.1. The first kappa shape index (κ1) is 23.2. The van der Waals surface area contributed by atoms with E-state index in [1.807, 2.05) is 31.2 Å². The minimum atomic E-state index is -4.51. The van der Waals surface area contributed by atoms with Gasteiger partial charge in [0.05, 0.1) is 29.5 Å². The number of fused-ring (bicyclic) bond motifs is 5. The van der Waals surface area contributed by atoms with Gasteiger partial charge < -0.3 is 10.3 Å². The van der Waals surface area contributed by atoms with Crippen LogP contribution in [0.3, 0.4) is 0 Å². The first-order chi connectivity index (χ1) is 17.8. The van der Waals surface area contributed by atoms with Gasteiger partial charge in [-0.2, -0.15) is 18.3 Å². The van der Waals surface area contributed by atoms with Gasteiger partial charge in [0.1, 0.15) is 11.5 Å². The van der Waals surface area contributed by atoms with E-state index < -0.39 is 17.8 Å². The molecule has 3 aromatic heterocycles. The Kier molecular flexibility index (Phi) is 5.47. The lowest BCUT2D eigenvalue weighted by atomic mass is 9.85. The normalized spacial score (nSPS) is 13.7. The van der Waals surface area contributed by atoms with Crippen LogP contribution < -0.4 is 5.32 Å². The number of benzene rings is 2. The summed E-state index contributed by atoms with van der Waals surface area (Å²) in [6.07, 6.45) is 0.340. The van der Waals surface area contributed by atoms with Crippen molar-refractivity contribution < 1.29 is 18.0 Å². The molecule has 3 heterocycles. The number of pyridine rings is 1. The van der Waals surface area contributed by atoms with E-state index >= 15 is 0 Å². The highest BCUT2D eigenvalue weighted by molar-refractivity contribution is 6.09. The van der Waals surface area contributed by atoms with E-state index in [2.05, 4.69) is 25.5 Å². The summed E-state index contributed by atoms with van der Waals surface area (Å²) in [4.78, 5) is 23.5. The summed E-state index contributed by atoms with van der Waals surface area (Å²) in [6.45, 7) is 1.89.